The lowest BCUT2D eigenvalue weighted by molar-refractivity contribution is -0.133. The van der Waals surface area contributed by atoms with Gasteiger partial charge in [0.1, 0.15) is 28.6 Å². The van der Waals surface area contributed by atoms with Crippen LogP contribution in [0.1, 0.15) is 5.56 Å². The van der Waals surface area contributed by atoms with Gasteiger partial charge >= 0.3 is 11.6 Å². The number of benzene rings is 3. The number of rotatable bonds is 7. The Morgan fingerprint density at radius 1 is 0.758 bits per heavy atom. The first-order valence-electron chi connectivity index (χ1n) is 10.1. The zero-order chi connectivity index (χ0) is 23.4. The van der Waals surface area contributed by atoms with Gasteiger partial charge < -0.3 is 23.4 Å². The maximum Gasteiger partial charge on any atom is 0.344 e. The van der Waals surface area contributed by atoms with Crippen molar-refractivity contribution < 1.29 is 28.2 Å². The van der Waals surface area contributed by atoms with Crippen molar-refractivity contribution in [1.82, 2.24) is 0 Å². The molecule has 1 heterocycles. The predicted octanol–water partition coefficient (Wildman–Crippen LogP) is 4.63. The van der Waals surface area contributed by atoms with E-state index in [1.54, 1.807) is 74.9 Å². The van der Waals surface area contributed by atoms with Gasteiger partial charge in [-0.2, -0.15) is 0 Å². The molecule has 168 valence electrons. The standard InChI is InChI=1S/C26H22O7/c1-29-18-7-4-16(5-8-18)12-25(27)32-20-9-6-17-13-22(26(28)33-23(17)15-20)21-11-10-19(30-2)14-24(21)31-3/h4-11,13-15H,12H2,1-3H3. The SMILES string of the molecule is COc1ccc(CC(=O)Oc2ccc3cc(-c4ccc(OC)cc4OC)c(=O)oc3c2)cc1. The van der Waals surface area contributed by atoms with E-state index in [0.717, 1.165) is 5.56 Å². The van der Waals surface area contributed by atoms with Crippen LogP contribution in [0.4, 0.5) is 0 Å². The molecule has 0 aliphatic carbocycles. The van der Waals surface area contributed by atoms with E-state index in [2.05, 4.69) is 0 Å². The Hall–Kier alpha value is -4.26. The van der Waals surface area contributed by atoms with Crippen molar-refractivity contribution in [2.75, 3.05) is 21.3 Å². The number of carbonyl (C=O) groups is 1. The average Bonchev–Trinajstić information content (AvgIpc) is 2.83. The molecule has 0 atom stereocenters. The molecular formula is C26H22O7. The second kappa shape index (κ2) is 9.48. The fourth-order valence-corrected chi connectivity index (χ4v) is 3.44. The molecule has 4 rings (SSSR count). The molecule has 0 fully saturated rings. The minimum Gasteiger partial charge on any atom is -0.497 e. The van der Waals surface area contributed by atoms with Crippen LogP contribution in [-0.4, -0.2) is 27.3 Å². The van der Waals surface area contributed by atoms with Gasteiger partial charge in [0.25, 0.3) is 0 Å². The van der Waals surface area contributed by atoms with Gasteiger partial charge in [-0.05, 0) is 48.0 Å². The number of esters is 1. The van der Waals surface area contributed by atoms with Crippen LogP contribution in [0.2, 0.25) is 0 Å². The second-order valence-electron chi connectivity index (χ2n) is 7.21. The van der Waals surface area contributed by atoms with E-state index in [1.807, 2.05) is 0 Å². The molecule has 0 aliphatic rings. The lowest BCUT2D eigenvalue weighted by atomic mass is 10.0. The summed E-state index contributed by atoms with van der Waals surface area (Å²) in [6, 6.07) is 19.0. The van der Waals surface area contributed by atoms with E-state index in [0.29, 0.717) is 45.1 Å². The summed E-state index contributed by atoms with van der Waals surface area (Å²) in [5.74, 6) is 1.68. The third-order valence-electron chi connectivity index (χ3n) is 5.15. The maximum atomic E-state index is 12.7. The number of carbonyl (C=O) groups excluding carboxylic acids is 1. The topological polar surface area (TPSA) is 84.2 Å². The highest BCUT2D eigenvalue weighted by Gasteiger charge is 2.15. The van der Waals surface area contributed by atoms with E-state index < -0.39 is 11.6 Å². The number of ether oxygens (including phenoxy) is 4. The van der Waals surface area contributed by atoms with Gasteiger partial charge in [0.15, 0.2) is 0 Å². The third-order valence-corrected chi connectivity index (χ3v) is 5.15. The van der Waals surface area contributed by atoms with E-state index in [-0.39, 0.29) is 6.42 Å². The van der Waals surface area contributed by atoms with Gasteiger partial charge in [-0.1, -0.05) is 12.1 Å². The Balaban J connectivity index is 1.57. The highest BCUT2D eigenvalue weighted by atomic mass is 16.5. The van der Waals surface area contributed by atoms with Gasteiger partial charge in [-0.3, -0.25) is 4.79 Å². The summed E-state index contributed by atoms with van der Waals surface area (Å²) in [4.78, 5) is 25.0. The second-order valence-corrected chi connectivity index (χ2v) is 7.21. The van der Waals surface area contributed by atoms with Crippen LogP contribution in [0.3, 0.4) is 0 Å². The molecule has 1 aromatic heterocycles. The van der Waals surface area contributed by atoms with E-state index in [1.165, 1.54) is 13.2 Å². The van der Waals surface area contributed by atoms with E-state index in [4.69, 9.17) is 23.4 Å². The first kappa shape index (κ1) is 22.0. The zero-order valence-electron chi connectivity index (χ0n) is 18.4. The van der Waals surface area contributed by atoms with Crippen molar-refractivity contribution in [2.24, 2.45) is 0 Å². The summed E-state index contributed by atoms with van der Waals surface area (Å²) in [6.45, 7) is 0. The van der Waals surface area contributed by atoms with Crippen molar-refractivity contribution in [3.8, 4) is 34.1 Å². The Kier molecular flexibility index (Phi) is 6.31. The molecule has 4 aromatic rings. The first-order valence-corrected chi connectivity index (χ1v) is 10.1. The first-order chi connectivity index (χ1) is 16.0. The smallest absolute Gasteiger partial charge is 0.344 e. The molecule has 0 spiro atoms. The van der Waals surface area contributed by atoms with Gasteiger partial charge in [-0.15, -0.1) is 0 Å². The van der Waals surface area contributed by atoms with Gasteiger partial charge in [-0.25, -0.2) is 4.79 Å². The quantitative estimate of drug-likeness (QED) is 0.232. The molecule has 3 aromatic carbocycles. The van der Waals surface area contributed by atoms with Gasteiger partial charge in [0.2, 0.25) is 0 Å². The Morgan fingerprint density at radius 3 is 2.15 bits per heavy atom. The maximum absolute atomic E-state index is 12.7. The lowest BCUT2D eigenvalue weighted by Crippen LogP contribution is -2.11. The fraction of sp³-hybridized carbons (Fsp3) is 0.154. The number of hydrogen-bond acceptors (Lipinski definition) is 7. The summed E-state index contributed by atoms with van der Waals surface area (Å²) in [6.07, 6.45) is 0.0994. The number of methoxy groups -OCH3 is 3. The summed E-state index contributed by atoms with van der Waals surface area (Å²) in [7, 11) is 4.66. The molecule has 33 heavy (non-hydrogen) atoms. The largest absolute Gasteiger partial charge is 0.497 e. The van der Waals surface area contributed by atoms with Crippen LogP contribution >= 0.6 is 0 Å². The van der Waals surface area contributed by atoms with Crippen molar-refractivity contribution >= 4 is 16.9 Å². The molecule has 7 heteroatoms. The average molecular weight is 446 g/mol. The van der Waals surface area contributed by atoms with Crippen LogP contribution in [0.25, 0.3) is 22.1 Å². The molecule has 0 amide bonds. The van der Waals surface area contributed by atoms with Crippen molar-refractivity contribution in [3.05, 3.63) is 82.7 Å². The van der Waals surface area contributed by atoms with Crippen LogP contribution in [-0.2, 0) is 11.2 Å². The number of fused-ring (bicyclic) bond motifs is 1. The predicted molar refractivity (Wildman–Crippen MR) is 123 cm³/mol. The molecule has 0 N–H and O–H groups in total. The van der Waals surface area contributed by atoms with Crippen LogP contribution in [0, 0.1) is 0 Å². The molecule has 7 nitrogen and oxygen atoms in total. The summed E-state index contributed by atoms with van der Waals surface area (Å²) < 4.78 is 26.7. The summed E-state index contributed by atoms with van der Waals surface area (Å²) in [5, 5.41) is 0.678. The molecule has 0 saturated carbocycles. The molecular weight excluding hydrogens is 424 g/mol. The fourth-order valence-electron chi connectivity index (χ4n) is 3.44. The Morgan fingerprint density at radius 2 is 1.45 bits per heavy atom. The minimum absolute atomic E-state index is 0.0994. The van der Waals surface area contributed by atoms with Crippen LogP contribution in [0.15, 0.2) is 75.9 Å². The Bertz CT molecular complexity index is 1350. The minimum atomic E-state index is -0.535. The highest BCUT2D eigenvalue weighted by Crippen LogP contribution is 2.33. The summed E-state index contributed by atoms with van der Waals surface area (Å²) in [5.41, 5.74) is 1.51. The molecule has 0 aliphatic heterocycles. The van der Waals surface area contributed by atoms with Crippen LogP contribution < -0.4 is 24.6 Å². The highest BCUT2D eigenvalue weighted by molar-refractivity contribution is 5.85. The molecule has 0 saturated heterocycles. The zero-order valence-corrected chi connectivity index (χ0v) is 18.4. The van der Waals surface area contributed by atoms with Crippen molar-refractivity contribution in [3.63, 3.8) is 0 Å². The van der Waals surface area contributed by atoms with E-state index in [9.17, 15) is 9.59 Å². The normalized spacial score (nSPS) is 10.6. The van der Waals surface area contributed by atoms with Crippen molar-refractivity contribution in [2.45, 2.75) is 6.42 Å². The van der Waals surface area contributed by atoms with Gasteiger partial charge in [0, 0.05) is 23.1 Å². The van der Waals surface area contributed by atoms with Gasteiger partial charge in [0.05, 0.1) is 33.3 Å². The van der Waals surface area contributed by atoms with Crippen LogP contribution in [0.5, 0.6) is 23.0 Å². The lowest BCUT2D eigenvalue weighted by Gasteiger charge is -2.10. The molecule has 0 unspecified atom stereocenters. The monoisotopic (exact) mass is 446 g/mol. The van der Waals surface area contributed by atoms with E-state index >= 15 is 0 Å². The van der Waals surface area contributed by atoms with Crippen molar-refractivity contribution in [1.29, 1.82) is 0 Å². The third kappa shape index (κ3) is 4.82. The molecule has 0 bridgehead atoms. The summed E-state index contributed by atoms with van der Waals surface area (Å²) >= 11 is 0. The number of hydrogen-bond donors (Lipinski definition) is 0. The Labute approximate surface area is 190 Å². The molecule has 0 radical (unpaired) electrons.